The zero-order valence-electron chi connectivity index (χ0n) is 19.9. The number of likely N-dealkylation sites (tertiary alicyclic amines) is 1. The van der Waals surface area contributed by atoms with E-state index in [0.29, 0.717) is 19.5 Å². The fraction of sp³-hybridized carbons (Fsp3) is 0.640. The zero-order chi connectivity index (χ0) is 24.1. The van der Waals surface area contributed by atoms with Gasteiger partial charge in [-0.2, -0.15) is 0 Å². The van der Waals surface area contributed by atoms with Crippen molar-refractivity contribution >= 4 is 18.0 Å². The number of aliphatic hydroxyl groups is 1. The Hall–Kier alpha value is -2.65. The molecule has 2 aliphatic heterocycles. The quantitative estimate of drug-likeness (QED) is 0.601. The Morgan fingerprint density at radius 3 is 2.56 bits per heavy atom. The number of methoxy groups -OCH3 is 1. The van der Waals surface area contributed by atoms with Gasteiger partial charge in [-0.25, -0.2) is 9.59 Å². The predicted molar refractivity (Wildman–Crippen MR) is 124 cm³/mol. The topological polar surface area (TPSA) is 99.6 Å². The number of β-amino-alcohol motifs (C(OH)–C–C–N with tert-alkyl or cyclic N) is 1. The summed E-state index contributed by atoms with van der Waals surface area (Å²) in [5.74, 6) is -0.631. The molecule has 1 aromatic rings. The minimum absolute atomic E-state index is 0.123. The Morgan fingerprint density at radius 2 is 1.88 bits per heavy atom. The van der Waals surface area contributed by atoms with Crippen LogP contribution < -0.4 is 0 Å². The Kier molecular flexibility index (Phi) is 7.73. The first-order valence-corrected chi connectivity index (χ1v) is 12.2. The number of hydrogen-bond donors (Lipinski definition) is 1. The number of carbonyl (C=O) groups is 3. The maximum Gasteiger partial charge on any atom is 0.410 e. The normalized spacial score (nSPS) is 23.4. The number of piperidine rings is 1. The van der Waals surface area contributed by atoms with E-state index in [1.807, 2.05) is 30.3 Å². The number of aliphatic hydroxyl groups excluding tert-OH is 1. The average Bonchev–Trinajstić information content (AvgIpc) is 3.66. The van der Waals surface area contributed by atoms with E-state index in [0.717, 1.165) is 31.4 Å². The van der Waals surface area contributed by atoms with Gasteiger partial charge < -0.3 is 29.3 Å². The van der Waals surface area contributed by atoms with Gasteiger partial charge in [0.25, 0.3) is 0 Å². The van der Waals surface area contributed by atoms with Gasteiger partial charge in [-0.15, -0.1) is 0 Å². The van der Waals surface area contributed by atoms with Gasteiger partial charge >= 0.3 is 12.1 Å². The fourth-order valence-corrected chi connectivity index (χ4v) is 5.03. The van der Waals surface area contributed by atoms with Crippen molar-refractivity contribution in [3.63, 3.8) is 0 Å². The second kappa shape index (κ2) is 10.7. The molecule has 2 heterocycles. The van der Waals surface area contributed by atoms with Crippen LogP contribution in [0, 0.1) is 5.41 Å². The SMILES string of the molecule is COC(=O)[C@H](CCN1CCC2(CC2)C(O)C1)N1CCN(C(=O)OCc2ccccc2)CCC1=O. The number of amides is 2. The molecule has 3 fully saturated rings. The molecule has 0 radical (unpaired) electrons. The molecular formula is C25H35N3O6. The summed E-state index contributed by atoms with van der Waals surface area (Å²) < 4.78 is 10.4. The van der Waals surface area contributed by atoms with E-state index < -0.39 is 18.1 Å². The Balaban J connectivity index is 1.32. The monoisotopic (exact) mass is 473 g/mol. The summed E-state index contributed by atoms with van der Waals surface area (Å²) in [5.41, 5.74) is 1.02. The lowest BCUT2D eigenvalue weighted by Crippen LogP contribution is -2.50. The van der Waals surface area contributed by atoms with Gasteiger partial charge in [-0.3, -0.25) is 4.79 Å². The molecule has 3 aliphatic rings. The van der Waals surface area contributed by atoms with Crippen LogP contribution in [0.2, 0.25) is 0 Å². The van der Waals surface area contributed by atoms with E-state index in [4.69, 9.17) is 9.47 Å². The number of rotatable bonds is 7. The second-order valence-corrected chi connectivity index (χ2v) is 9.62. The number of esters is 1. The number of hydrogen-bond acceptors (Lipinski definition) is 7. The third-order valence-electron chi connectivity index (χ3n) is 7.51. The van der Waals surface area contributed by atoms with Gasteiger partial charge in [0.1, 0.15) is 12.6 Å². The molecule has 4 rings (SSSR count). The number of benzene rings is 1. The summed E-state index contributed by atoms with van der Waals surface area (Å²) in [5, 5.41) is 10.5. The van der Waals surface area contributed by atoms with Gasteiger partial charge in [-0.1, -0.05) is 30.3 Å². The maximum absolute atomic E-state index is 12.9. The summed E-state index contributed by atoms with van der Waals surface area (Å²) >= 11 is 0. The third kappa shape index (κ3) is 5.70. The molecule has 1 spiro atoms. The van der Waals surface area contributed by atoms with E-state index in [1.165, 1.54) is 12.0 Å². The van der Waals surface area contributed by atoms with Crippen LogP contribution in [-0.2, 0) is 25.7 Å². The summed E-state index contributed by atoms with van der Waals surface area (Å²) in [7, 11) is 1.33. The largest absolute Gasteiger partial charge is 0.467 e. The van der Waals surface area contributed by atoms with Crippen LogP contribution in [-0.4, -0.2) is 96.3 Å². The molecule has 1 aromatic carbocycles. The molecule has 1 unspecified atom stereocenters. The first-order chi connectivity index (χ1) is 16.4. The van der Waals surface area contributed by atoms with E-state index in [-0.39, 0.29) is 50.1 Å². The molecule has 1 saturated carbocycles. The molecule has 186 valence electrons. The molecule has 2 saturated heterocycles. The van der Waals surface area contributed by atoms with Crippen molar-refractivity contribution in [1.82, 2.24) is 14.7 Å². The van der Waals surface area contributed by atoms with Crippen LogP contribution in [0.15, 0.2) is 30.3 Å². The Bertz CT molecular complexity index is 875. The van der Waals surface area contributed by atoms with Crippen molar-refractivity contribution in [1.29, 1.82) is 0 Å². The maximum atomic E-state index is 12.9. The van der Waals surface area contributed by atoms with E-state index in [9.17, 15) is 19.5 Å². The molecule has 0 bridgehead atoms. The highest BCUT2D eigenvalue weighted by atomic mass is 16.6. The molecule has 9 nitrogen and oxygen atoms in total. The minimum Gasteiger partial charge on any atom is -0.467 e. The fourth-order valence-electron chi connectivity index (χ4n) is 5.03. The summed E-state index contributed by atoms with van der Waals surface area (Å²) in [6, 6.07) is 8.71. The van der Waals surface area contributed by atoms with Gasteiger partial charge in [0.05, 0.1) is 13.2 Å². The highest BCUT2D eigenvalue weighted by molar-refractivity contribution is 5.85. The highest BCUT2D eigenvalue weighted by Gasteiger charge is 2.51. The zero-order valence-corrected chi connectivity index (χ0v) is 19.9. The average molecular weight is 474 g/mol. The van der Waals surface area contributed by atoms with Crippen LogP contribution in [0.25, 0.3) is 0 Å². The van der Waals surface area contributed by atoms with Crippen molar-refractivity contribution in [3.05, 3.63) is 35.9 Å². The third-order valence-corrected chi connectivity index (χ3v) is 7.51. The highest BCUT2D eigenvalue weighted by Crippen LogP contribution is 2.53. The first kappa shape index (κ1) is 24.5. The molecular weight excluding hydrogens is 438 g/mol. The van der Waals surface area contributed by atoms with Gasteiger partial charge in [-0.05, 0) is 43.2 Å². The Morgan fingerprint density at radius 1 is 1.12 bits per heavy atom. The van der Waals surface area contributed by atoms with Crippen LogP contribution in [0.5, 0.6) is 0 Å². The van der Waals surface area contributed by atoms with Crippen LogP contribution in [0.3, 0.4) is 0 Å². The molecule has 2 amide bonds. The standard InChI is InChI=1S/C25H35N3O6/c1-33-23(31)20(7-12-26-14-11-25(9-10-25)21(29)17-26)28-16-15-27(13-8-22(28)30)24(32)34-18-19-5-3-2-4-6-19/h2-6,20-21,29H,7-18H2,1H3/t20-,21?/m0/s1. The summed E-state index contributed by atoms with van der Waals surface area (Å²) in [4.78, 5) is 43.3. The lowest BCUT2D eigenvalue weighted by Gasteiger charge is -2.37. The lowest BCUT2D eigenvalue weighted by molar-refractivity contribution is -0.153. The minimum atomic E-state index is -0.716. The molecule has 0 aromatic heterocycles. The van der Waals surface area contributed by atoms with E-state index in [1.54, 1.807) is 4.90 Å². The second-order valence-electron chi connectivity index (χ2n) is 9.62. The molecule has 34 heavy (non-hydrogen) atoms. The summed E-state index contributed by atoms with van der Waals surface area (Å²) in [6.45, 7) is 3.03. The molecule has 9 heteroatoms. The predicted octanol–water partition coefficient (Wildman–Crippen LogP) is 1.64. The number of ether oxygens (including phenoxy) is 2. The van der Waals surface area contributed by atoms with Crippen molar-refractivity contribution in [2.75, 3.05) is 46.4 Å². The van der Waals surface area contributed by atoms with Crippen molar-refractivity contribution in [2.45, 2.75) is 50.9 Å². The Labute approximate surface area is 200 Å². The molecule has 1 aliphatic carbocycles. The smallest absolute Gasteiger partial charge is 0.410 e. The number of carbonyl (C=O) groups excluding carboxylic acids is 3. The molecule has 2 atom stereocenters. The van der Waals surface area contributed by atoms with Crippen LogP contribution in [0.4, 0.5) is 4.79 Å². The van der Waals surface area contributed by atoms with Crippen LogP contribution in [0.1, 0.15) is 37.7 Å². The summed E-state index contributed by atoms with van der Waals surface area (Å²) in [6.07, 6.45) is 2.92. The van der Waals surface area contributed by atoms with Crippen molar-refractivity contribution in [2.24, 2.45) is 5.41 Å². The van der Waals surface area contributed by atoms with Crippen molar-refractivity contribution in [3.8, 4) is 0 Å². The number of nitrogens with zero attached hydrogens (tertiary/aromatic N) is 3. The van der Waals surface area contributed by atoms with Gasteiger partial charge in [0.2, 0.25) is 5.91 Å². The van der Waals surface area contributed by atoms with Crippen LogP contribution >= 0.6 is 0 Å². The molecule has 1 N–H and O–H groups in total. The van der Waals surface area contributed by atoms with Gasteiger partial charge in [0, 0.05) is 39.1 Å². The van der Waals surface area contributed by atoms with E-state index in [2.05, 4.69) is 4.90 Å². The van der Waals surface area contributed by atoms with E-state index >= 15 is 0 Å². The van der Waals surface area contributed by atoms with Crippen molar-refractivity contribution < 1.29 is 29.0 Å². The van der Waals surface area contributed by atoms with Gasteiger partial charge in [0.15, 0.2) is 0 Å². The first-order valence-electron chi connectivity index (χ1n) is 12.2. The lowest BCUT2D eigenvalue weighted by atomic mass is 9.90.